The van der Waals surface area contributed by atoms with Gasteiger partial charge in [-0.05, 0) is 53.2 Å². The Morgan fingerprint density at radius 1 is 1.16 bits per heavy atom. The zero-order valence-corrected chi connectivity index (χ0v) is 17.1. The Labute approximate surface area is 166 Å². The van der Waals surface area contributed by atoms with Gasteiger partial charge in [0.05, 0.1) is 12.5 Å². The van der Waals surface area contributed by atoms with Gasteiger partial charge in [-0.2, -0.15) is 11.3 Å². The van der Waals surface area contributed by atoms with Gasteiger partial charge in [0.2, 0.25) is 5.91 Å². The molecule has 25 heavy (non-hydrogen) atoms. The lowest BCUT2D eigenvalue weighted by Crippen LogP contribution is -2.38. The van der Waals surface area contributed by atoms with Crippen molar-refractivity contribution in [2.75, 3.05) is 25.4 Å². The van der Waals surface area contributed by atoms with Gasteiger partial charge in [0.1, 0.15) is 0 Å². The van der Waals surface area contributed by atoms with Gasteiger partial charge in [-0.3, -0.25) is 9.69 Å². The molecule has 1 aromatic carbocycles. The maximum absolute atomic E-state index is 12.2. The summed E-state index contributed by atoms with van der Waals surface area (Å²) in [6.45, 7) is 6.86. The summed E-state index contributed by atoms with van der Waals surface area (Å²) in [5.41, 5.74) is 8.63. The molecule has 1 heterocycles. The number of hydrogen-bond donors (Lipinski definition) is 2. The zero-order chi connectivity index (χ0) is 16.7. The lowest BCUT2D eigenvalue weighted by molar-refractivity contribution is -0.120. The molecule has 0 saturated carbocycles. The number of halogens is 2. The fraction of sp³-hybridized carbons (Fsp3) is 0.389. The van der Waals surface area contributed by atoms with Gasteiger partial charge in [-0.15, -0.1) is 24.8 Å². The molecule has 2 rings (SSSR count). The van der Waals surface area contributed by atoms with E-state index in [1.807, 2.05) is 24.3 Å². The van der Waals surface area contributed by atoms with Crippen LogP contribution in [-0.4, -0.2) is 30.4 Å². The number of nitrogens with two attached hydrogens (primary N) is 1. The largest absolute Gasteiger partial charge is 0.399 e. The van der Waals surface area contributed by atoms with Crippen molar-refractivity contribution in [1.29, 1.82) is 0 Å². The number of thiophene rings is 1. The van der Waals surface area contributed by atoms with E-state index >= 15 is 0 Å². The second-order valence-corrected chi connectivity index (χ2v) is 6.30. The Balaban J connectivity index is 0.00000288. The quantitative estimate of drug-likeness (QED) is 0.656. The van der Waals surface area contributed by atoms with Crippen molar-refractivity contribution in [3.8, 4) is 0 Å². The Hall–Kier alpha value is -1.27. The smallest absolute Gasteiger partial charge is 0.224 e. The summed E-state index contributed by atoms with van der Waals surface area (Å²) in [6, 6.07) is 9.82. The van der Waals surface area contributed by atoms with Crippen molar-refractivity contribution in [2.45, 2.75) is 26.3 Å². The molecule has 0 aliphatic heterocycles. The van der Waals surface area contributed by atoms with Gasteiger partial charge in [-0.1, -0.05) is 26.0 Å². The van der Waals surface area contributed by atoms with E-state index in [-0.39, 0.29) is 36.8 Å². The second-order valence-electron chi connectivity index (χ2n) is 5.52. The Bertz CT molecular complexity index is 601. The van der Waals surface area contributed by atoms with E-state index in [0.717, 1.165) is 18.7 Å². The van der Waals surface area contributed by atoms with Crippen LogP contribution in [0.2, 0.25) is 0 Å². The standard InChI is InChI=1S/C18H25N3OS.2ClH/c1-3-21(4-2)17(15-9-10-23-13-15)12-20-18(22)11-14-5-7-16(19)8-6-14;;/h5-10,13,17H,3-4,11-12,19H2,1-2H3,(H,20,22);2*1H. The molecule has 140 valence electrons. The molecule has 0 bridgehead atoms. The van der Waals surface area contributed by atoms with E-state index in [1.165, 1.54) is 5.56 Å². The molecule has 0 saturated heterocycles. The van der Waals surface area contributed by atoms with Crippen LogP contribution in [0.25, 0.3) is 0 Å². The molecular formula is C18H27Cl2N3OS. The topological polar surface area (TPSA) is 58.4 Å². The molecule has 3 N–H and O–H groups in total. The maximum Gasteiger partial charge on any atom is 0.224 e. The molecule has 1 aromatic heterocycles. The van der Waals surface area contributed by atoms with Crippen LogP contribution in [0.3, 0.4) is 0 Å². The monoisotopic (exact) mass is 403 g/mol. The third kappa shape index (κ3) is 7.24. The van der Waals surface area contributed by atoms with Crippen LogP contribution in [0.5, 0.6) is 0 Å². The first-order valence-corrected chi connectivity index (χ1v) is 8.95. The number of carbonyl (C=O) groups is 1. The summed E-state index contributed by atoms with van der Waals surface area (Å²) < 4.78 is 0. The fourth-order valence-corrected chi connectivity index (χ4v) is 3.39. The number of amides is 1. The normalized spacial score (nSPS) is 11.3. The SMILES string of the molecule is CCN(CC)C(CNC(=O)Cc1ccc(N)cc1)c1ccsc1.Cl.Cl. The molecule has 0 aliphatic rings. The van der Waals surface area contributed by atoms with Crippen molar-refractivity contribution in [1.82, 2.24) is 10.2 Å². The average Bonchev–Trinajstić information content (AvgIpc) is 3.08. The van der Waals surface area contributed by atoms with Crippen LogP contribution in [0.4, 0.5) is 5.69 Å². The van der Waals surface area contributed by atoms with E-state index in [1.54, 1.807) is 11.3 Å². The second kappa shape index (κ2) is 12.1. The Morgan fingerprint density at radius 3 is 2.32 bits per heavy atom. The van der Waals surface area contributed by atoms with Crippen LogP contribution in [-0.2, 0) is 11.2 Å². The number of carbonyl (C=O) groups excluding carboxylic acids is 1. The van der Waals surface area contributed by atoms with Crippen molar-refractivity contribution in [3.63, 3.8) is 0 Å². The minimum absolute atomic E-state index is 0. The number of rotatable bonds is 8. The summed E-state index contributed by atoms with van der Waals surface area (Å²) >= 11 is 1.69. The lowest BCUT2D eigenvalue weighted by Gasteiger charge is -2.29. The number of nitrogens with zero attached hydrogens (tertiary/aromatic N) is 1. The van der Waals surface area contributed by atoms with E-state index in [4.69, 9.17) is 5.73 Å². The Kier molecular flexibility index (Phi) is 11.5. The third-order valence-electron chi connectivity index (χ3n) is 4.02. The lowest BCUT2D eigenvalue weighted by atomic mass is 10.1. The van der Waals surface area contributed by atoms with Gasteiger partial charge in [-0.25, -0.2) is 0 Å². The first-order valence-electron chi connectivity index (χ1n) is 8.01. The fourth-order valence-electron chi connectivity index (χ4n) is 2.68. The predicted octanol–water partition coefficient (Wildman–Crippen LogP) is 3.92. The highest BCUT2D eigenvalue weighted by atomic mass is 35.5. The summed E-state index contributed by atoms with van der Waals surface area (Å²) in [5.74, 6) is 0.0437. The van der Waals surface area contributed by atoms with E-state index in [9.17, 15) is 4.79 Å². The molecule has 0 spiro atoms. The third-order valence-corrected chi connectivity index (χ3v) is 4.72. The van der Waals surface area contributed by atoms with Crippen molar-refractivity contribution >= 4 is 47.7 Å². The molecule has 1 atom stereocenters. The molecule has 1 unspecified atom stereocenters. The zero-order valence-electron chi connectivity index (χ0n) is 14.6. The number of benzene rings is 1. The molecule has 7 heteroatoms. The molecule has 0 fully saturated rings. The highest BCUT2D eigenvalue weighted by Gasteiger charge is 2.19. The van der Waals surface area contributed by atoms with Gasteiger partial charge in [0.15, 0.2) is 0 Å². The van der Waals surface area contributed by atoms with E-state index in [0.29, 0.717) is 18.7 Å². The highest BCUT2D eigenvalue weighted by molar-refractivity contribution is 7.07. The van der Waals surface area contributed by atoms with E-state index in [2.05, 4.69) is 40.9 Å². The molecule has 0 aliphatic carbocycles. The van der Waals surface area contributed by atoms with Crippen molar-refractivity contribution < 1.29 is 4.79 Å². The maximum atomic E-state index is 12.2. The van der Waals surface area contributed by atoms with Crippen molar-refractivity contribution in [3.05, 3.63) is 52.2 Å². The highest BCUT2D eigenvalue weighted by Crippen LogP contribution is 2.22. The van der Waals surface area contributed by atoms with Crippen LogP contribution in [0, 0.1) is 0 Å². The number of nitrogen functional groups attached to an aromatic ring is 1. The predicted molar refractivity (Wildman–Crippen MR) is 112 cm³/mol. The molecular weight excluding hydrogens is 377 g/mol. The molecule has 0 radical (unpaired) electrons. The minimum Gasteiger partial charge on any atom is -0.399 e. The van der Waals surface area contributed by atoms with Gasteiger partial charge in [0.25, 0.3) is 0 Å². The summed E-state index contributed by atoms with van der Waals surface area (Å²) in [6.07, 6.45) is 0.384. The number of hydrogen-bond acceptors (Lipinski definition) is 4. The molecule has 4 nitrogen and oxygen atoms in total. The molecule has 2 aromatic rings. The van der Waals surface area contributed by atoms with Crippen molar-refractivity contribution in [2.24, 2.45) is 0 Å². The van der Waals surface area contributed by atoms with Gasteiger partial charge >= 0.3 is 0 Å². The van der Waals surface area contributed by atoms with Gasteiger partial charge in [0, 0.05) is 12.2 Å². The average molecular weight is 404 g/mol. The Morgan fingerprint density at radius 2 is 1.80 bits per heavy atom. The summed E-state index contributed by atoms with van der Waals surface area (Å²) in [4.78, 5) is 14.6. The molecule has 1 amide bonds. The van der Waals surface area contributed by atoms with Crippen LogP contribution in [0.15, 0.2) is 41.1 Å². The minimum atomic E-state index is 0. The van der Waals surface area contributed by atoms with Crippen LogP contribution in [0.1, 0.15) is 31.0 Å². The number of likely N-dealkylation sites (N-methyl/N-ethyl adjacent to an activating group) is 1. The number of nitrogens with one attached hydrogen (secondary N) is 1. The summed E-state index contributed by atoms with van der Waals surface area (Å²) in [7, 11) is 0. The first kappa shape index (κ1) is 23.7. The first-order chi connectivity index (χ1) is 11.1. The summed E-state index contributed by atoms with van der Waals surface area (Å²) in [5, 5.41) is 7.32. The number of anilines is 1. The van der Waals surface area contributed by atoms with Crippen LogP contribution < -0.4 is 11.1 Å². The van der Waals surface area contributed by atoms with Gasteiger partial charge < -0.3 is 11.1 Å². The van der Waals surface area contributed by atoms with E-state index < -0.39 is 0 Å². The van der Waals surface area contributed by atoms with Crippen LogP contribution >= 0.6 is 36.2 Å².